The van der Waals surface area contributed by atoms with E-state index in [4.69, 9.17) is 0 Å². The maximum absolute atomic E-state index is 3.09. The van der Waals surface area contributed by atoms with Gasteiger partial charge in [0.25, 0.3) is 0 Å². The molecule has 0 radical (unpaired) electrons. The Morgan fingerprint density at radius 1 is 0.375 bits per heavy atom. The van der Waals surface area contributed by atoms with E-state index in [1.165, 1.54) is 25.7 Å². The van der Waals surface area contributed by atoms with Crippen LogP contribution in [-0.4, -0.2) is 0 Å². The van der Waals surface area contributed by atoms with Crippen LogP contribution in [0.1, 0.15) is 136 Å². The molecule has 194 valence electrons. The first kappa shape index (κ1) is 38.6. The van der Waals surface area contributed by atoms with Crippen molar-refractivity contribution in [1.82, 2.24) is 0 Å². The van der Waals surface area contributed by atoms with E-state index in [0.717, 1.165) is 23.7 Å². The van der Waals surface area contributed by atoms with Crippen molar-refractivity contribution >= 4 is 0 Å². The summed E-state index contributed by atoms with van der Waals surface area (Å²) in [6, 6.07) is 0. The van der Waals surface area contributed by atoms with Gasteiger partial charge in [-0.15, -0.1) is 11.8 Å². The summed E-state index contributed by atoms with van der Waals surface area (Å²) in [5.41, 5.74) is 0. The molecular formula is C32H66. The van der Waals surface area contributed by atoms with Crippen molar-refractivity contribution in [2.24, 2.45) is 47.3 Å². The molecule has 0 bridgehead atoms. The largest absolute Gasteiger partial charge is 0.100 e. The lowest BCUT2D eigenvalue weighted by Gasteiger charge is -2.05. The summed E-state index contributed by atoms with van der Waals surface area (Å²) in [7, 11) is 0. The third-order valence-electron chi connectivity index (χ3n) is 4.18. The minimum Gasteiger partial charge on any atom is -0.100 e. The molecule has 0 saturated heterocycles. The van der Waals surface area contributed by atoms with Gasteiger partial charge in [-0.2, -0.15) is 0 Å². The molecule has 0 spiro atoms. The maximum atomic E-state index is 3.09. The molecule has 0 atom stereocenters. The van der Waals surface area contributed by atoms with Crippen LogP contribution in [0.2, 0.25) is 0 Å². The Hall–Kier alpha value is -0.700. The molecule has 0 aliphatic carbocycles. The van der Waals surface area contributed by atoms with Crippen molar-refractivity contribution in [3.8, 4) is 11.8 Å². The second-order valence-electron chi connectivity index (χ2n) is 12.2. The Bertz CT molecular complexity index is 365. The summed E-state index contributed by atoms with van der Waals surface area (Å²) < 4.78 is 0. The fourth-order valence-corrected chi connectivity index (χ4v) is 2.11. The zero-order valence-corrected chi connectivity index (χ0v) is 25.6. The molecule has 0 rings (SSSR count). The molecule has 0 amide bonds. The van der Waals surface area contributed by atoms with Gasteiger partial charge < -0.3 is 0 Å². The summed E-state index contributed by atoms with van der Waals surface area (Å²) in [6.45, 7) is 35.4. The van der Waals surface area contributed by atoms with Crippen LogP contribution in [0.3, 0.4) is 0 Å². The van der Waals surface area contributed by atoms with Crippen LogP contribution < -0.4 is 0 Å². The Morgan fingerprint density at radius 2 is 0.562 bits per heavy atom. The van der Waals surface area contributed by atoms with Gasteiger partial charge in [-0.05, 0) is 35.5 Å². The van der Waals surface area contributed by atoms with Gasteiger partial charge in [-0.3, -0.25) is 0 Å². The smallest absolute Gasteiger partial charge is 0.0146 e. The fraction of sp³-hybridized carbons (Fsp3) is 0.875. The number of hydrogen-bond donors (Lipinski definition) is 0. The average Bonchev–Trinajstić information content (AvgIpc) is 2.63. The van der Waals surface area contributed by atoms with Crippen LogP contribution in [-0.2, 0) is 0 Å². The molecule has 0 aliphatic heterocycles. The van der Waals surface area contributed by atoms with Gasteiger partial charge in [0.05, 0.1) is 0 Å². The van der Waals surface area contributed by atoms with Crippen LogP contribution >= 0.6 is 0 Å². The molecule has 0 aliphatic rings. The second-order valence-corrected chi connectivity index (χ2v) is 12.2. The molecule has 0 aromatic heterocycles. The van der Waals surface area contributed by atoms with Crippen LogP contribution in [0.15, 0.2) is 12.2 Å². The first-order chi connectivity index (χ1) is 14.5. The lowest BCUT2D eigenvalue weighted by atomic mass is 10.0. The van der Waals surface area contributed by atoms with E-state index in [1.807, 2.05) is 0 Å². The molecule has 32 heavy (non-hydrogen) atoms. The first-order valence-electron chi connectivity index (χ1n) is 13.7. The standard InChI is InChI=1S/2C8H18.C8H16.C8H14/c4*1-7(2)5-6-8(3)4/h2*7-8H,5-6H2,1-4H3;5-8H,1-4H3;7-8H,1-4H3. The van der Waals surface area contributed by atoms with Crippen molar-refractivity contribution in [3.05, 3.63) is 12.2 Å². The van der Waals surface area contributed by atoms with Gasteiger partial charge in [0.15, 0.2) is 0 Å². The van der Waals surface area contributed by atoms with Gasteiger partial charge in [0.2, 0.25) is 0 Å². The third kappa shape index (κ3) is 63.0. The summed E-state index contributed by atoms with van der Waals surface area (Å²) in [6.07, 6.45) is 10.0. The minimum atomic E-state index is 0.525. The molecule has 0 unspecified atom stereocenters. The minimum absolute atomic E-state index is 0.525. The van der Waals surface area contributed by atoms with Crippen LogP contribution in [0, 0.1) is 59.2 Å². The normalized spacial score (nSPS) is 11.0. The van der Waals surface area contributed by atoms with E-state index < -0.39 is 0 Å². The third-order valence-corrected chi connectivity index (χ3v) is 4.18. The summed E-state index contributed by atoms with van der Waals surface area (Å²) in [5.74, 6) is 12.2. The molecule has 0 fully saturated rings. The topological polar surface area (TPSA) is 0 Å². The highest BCUT2D eigenvalue weighted by Gasteiger charge is 1.96. The van der Waals surface area contributed by atoms with Crippen LogP contribution in [0.4, 0.5) is 0 Å². The van der Waals surface area contributed by atoms with E-state index in [1.54, 1.807) is 0 Å². The summed E-state index contributed by atoms with van der Waals surface area (Å²) >= 11 is 0. The zero-order valence-electron chi connectivity index (χ0n) is 25.6. The monoisotopic (exact) mass is 451 g/mol. The van der Waals surface area contributed by atoms with Crippen molar-refractivity contribution in [3.63, 3.8) is 0 Å². The molecule has 0 heteroatoms. The van der Waals surface area contributed by atoms with Crippen LogP contribution in [0.5, 0.6) is 0 Å². The lowest BCUT2D eigenvalue weighted by Crippen LogP contribution is -1.91. The number of allylic oxidation sites excluding steroid dienone is 2. The molecule has 0 heterocycles. The maximum Gasteiger partial charge on any atom is 0.0146 e. The number of rotatable bonds is 8. The SMILES string of the molecule is CC(C)C#CC(C)C.CC(C)C=CC(C)C.CC(C)CCC(C)C.CC(C)CCC(C)C. The molecule has 0 aromatic carbocycles. The summed E-state index contributed by atoms with van der Waals surface area (Å²) in [5, 5.41) is 0. The van der Waals surface area contributed by atoms with E-state index in [-0.39, 0.29) is 0 Å². The van der Waals surface area contributed by atoms with Crippen molar-refractivity contribution in [1.29, 1.82) is 0 Å². The Balaban J connectivity index is -0.000000163. The molecule has 0 aromatic rings. The zero-order chi connectivity index (χ0) is 26.3. The molecule has 0 saturated carbocycles. The first-order valence-corrected chi connectivity index (χ1v) is 13.7. The van der Waals surface area contributed by atoms with Crippen LogP contribution in [0.25, 0.3) is 0 Å². The van der Waals surface area contributed by atoms with Gasteiger partial charge in [0.1, 0.15) is 0 Å². The van der Waals surface area contributed by atoms with Gasteiger partial charge in [-0.25, -0.2) is 0 Å². The predicted octanol–water partition coefficient (Wildman–Crippen LogP) is 11.3. The van der Waals surface area contributed by atoms with Gasteiger partial charge in [0, 0.05) is 11.8 Å². The molecule has 0 N–H and O–H groups in total. The highest BCUT2D eigenvalue weighted by molar-refractivity contribution is 5.03. The summed E-state index contributed by atoms with van der Waals surface area (Å²) in [4.78, 5) is 0. The Labute approximate surface area is 207 Å². The Morgan fingerprint density at radius 3 is 0.656 bits per heavy atom. The second kappa shape index (κ2) is 26.6. The molecular weight excluding hydrogens is 384 g/mol. The number of hydrogen-bond acceptors (Lipinski definition) is 0. The van der Waals surface area contributed by atoms with Crippen molar-refractivity contribution < 1.29 is 0 Å². The van der Waals surface area contributed by atoms with E-state index >= 15 is 0 Å². The van der Waals surface area contributed by atoms with Gasteiger partial charge >= 0.3 is 0 Å². The highest BCUT2D eigenvalue weighted by atomic mass is 14.0. The molecule has 0 nitrogen and oxygen atoms in total. The van der Waals surface area contributed by atoms with E-state index in [9.17, 15) is 0 Å². The van der Waals surface area contributed by atoms with Crippen molar-refractivity contribution in [2.75, 3.05) is 0 Å². The highest BCUT2D eigenvalue weighted by Crippen LogP contribution is 2.10. The average molecular weight is 451 g/mol. The lowest BCUT2D eigenvalue weighted by molar-refractivity contribution is 0.476. The fourth-order valence-electron chi connectivity index (χ4n) is 2.11. The van der Waals surface area contributed by atoms with E-state index in [2.05, 4.69) is 135 Å². The quantitative estimate of drug-likeness (QED) is 0.255. The van der Waals surface area contributed by atoms with E-state index in [0.29, 0.717) is 23.7 Å². The van der Waals surface area contributed by atoms with Crippen molar-refractivity contribution in [2.45, 2.75) is 136 Å². The Kier molecular flexibility index (Phi) is 32.0. The predicted molar refractivity (Wildman–Crippen MR) is 154 cm³/mol. The van der Waals surface area contributed by atoms with Gasteiger partial charge in [-0.1, -0.05) is 149 Å².